The molecule has 0 radical (unpaired) electrons. The van der Waals surface area contributed by atoms with Crippen molar-refractivity contribution in [1.82, 2.24) is 0 Å². The van der Waals surface area contributed by atoms with Crippen molar-refractivity contribution in [2.24, 2.45) is 0 Å². The molecule has 0 saturated carbocycles. The number of benzene rings is 2. The highest BCUT2D eigenvalue weighted by atomic mass is 79.9. The highest BCUT2D eigenvalue weighted by Gasteiger charge is 2.10. The molecule has 3 nitrogen and oxygen atoms in total. The maximum absolute atomic E-state index is 13.1. The van der Waals surface area contributed by atoms with Gasteiger partial charge in [-0.25, -0.2) is 4.39 Å². The Morgan fingerprint density at radius 1 is 1.14 bits per heavy atom. The first-order valence-corrected chi connectivity index (χ1v) is 7.31. The van der Waals surface area contributed by atoms with Crippen LogP contribution in [0.15, 0.2) is 34.8 Å². The van der Waals surface area contributed by atoms with Gasteiger partial charge < -0.3 is 14.8 Å². The number of anilines is 1. The maximum Gasteiger partial charge on any atom is 0.145 e. The molecule has 0 aromatic heterocycles. The fourth-order valence-electron chi connectivity index (χ4n) is 1.85. The Morgan fingerprint density at radius 3 is 2.48 bits per heavy atom. The molecule has 0 spiro atoms. The third-order valence-corrected chi connectivity index (χ3v) is 3.99. The van der Waals surface area contributed by atoms with Gasteiger partial charge in [0.2, 0.25) is 0 Å². The van der Waals surface area contributed by atoms with Crippen LogP contribution in [0, 0.1) is 5.82 Å². The molecule has 2 aromatic carbocycles. The van der Waals surface area contributed by atoms with Gasteiger partial charge in [0.15, 0.2) is 0 Å². The van der Waals surface area contributed by atoms with Crippen molar-refractivity contribution >= 4 is 33.2 Å². The Kier molecular flexibility index (Phi) is 5.31. The van der Waals surface area contributed by atoms with E-state index in [2.05, 4.69) is 21.2 Å². The molecule has 6 heteroatoms. The fourth-order valence-corrected chi connectivity index (χ4v) is 2.59. The first-order valence-electron chi connectivity index (χ1n) is 6.14. The zero-order valence-corrected chi connectivity index (χ0v) is 13.9. The van der Waals surface area contributed by atoms with Gasteiger partial charge in [0, 0.05) is 17.1 Å². The van der Waals surface area contributed by atoms with Crippen molar-refractivity contribution in [3.8, 4) is 11.5 Å². The lowest BCUT2D eigenvalue weighted by molar-refractivity contribution is 0.395. The van der Waals surface area contributed by atoms with E-state index in [1.165, 1.54) is 12.1 Å². The van der Waals surface area contributed by atoms with Crippen LogP contribution in [0.1, 0.15) is 5.56 Å². The second kappa shape index (κ2) is 7.00. The minimum Gasteiger partial charge on any atom is -0.495 e. The monoisotopic (exact) mass is 373 g/mol. The summed E-state index contributed by atoms with van der Waals surface area (Å²) >= 11 is 9.45. The van der Waals surface area contributed by atoms with E-state index in [0.717, 1.165) is 11.3 Å². The highest BCUT2D eigenvalue weighted by Crippen LogP contribution is 2.36. The summed E-state index contributed by atoms with van der Waals surface area (Å²) in [6.07, 6.45) is 0. The Balaban J connectivity index is 2.21. The van der Waals surface area contributed by atoms with Crippen LogP contribution in [0.25, 0.3) is 0 Å². The molecule has 0 heterocycles. The van der Waals surface area contributed by atoms with Gasteiger partial charge in [0.1, 0.15) is 17.3 Å². The Hall–Kier alpha value is -1.46. The second-order valence-corrected chi connectivity index (χ2v) is 5.54. The molecule has 112 valence electrons. The van der Waals surface area contributed by atoms with E-state index in [1.807, 2.05) is 0 Å². The van der Waals surface area contributed by atoms with Crippen molar-refractivity contribution in [3.05, 3.63) is 51.2 Å². The van der Waals surface area contributed by atoms with E-state index in [0.29, 0.717) is 27.5 Å². The summed E-state index contributed by atoms with van der Waals surface area (Å²) in [6.45, 7) is 0.500. The van der Waals surface area contributed by atoms with Gasteiger partial charge in [-0.1, -0.05) is 33.6 Å². The van der Waals surface area contributed by atoms with Crippen LogP contribution < -0.4 is 14.8 Å². The van der Waals surface area contributed by atoms with Gasteiger partial charge in [0.25, 0.3) is 0 Å². The molecule has 0 fully saturated rings. The lowest BCUT2D eigenvalue weighted by atomic mass is 10.2. The summed E-state index contributed by atoms with van der Waals surface area (Å²) in [5.41, 5.74) is 1.66. The van der Waals surface area contributed by atoms with Crippen molar-refractivity contribution < 1.29 is 13.9 Å². The molecule has 0 aliphatic rings. The van der Waals surface area contributed by atoms with Crippen LogP contribution in [-0.4, -0.2) is 14.2 Å². The third-order valence-electron chi connectivity index (χ3n) is 2.96. The van der Waals surface area contributed by atoms with Crippen LogP contribution in [0.4, 0.5) is 10.1 Å². The van der Waals surface area contributed by atoms with E-state index in [9.17, 15) is 4.39 Å². The number of rotatable bonds is 5. The molecule has 0 amide bonds. The van der Waals surface area contributed by atoms with Gasteiger partial charge in [-0.15, -0.1) is 0 Å². The smallest absolute Gasteiger partial charge is 0.145 e. The van der Waals surface area contributed by atoms with Crippen molar-refractivity contribution in [1.29, 1.82) is 0 Å². The van der Waals surface area contributed by atoms with Crippen molar-refractivity contribution in [2.45, 2.75) is 6.54 Å². The van der Waals surface area contributed by atoms with Gasteiger partial charge >= 0.3 is 0 Å². The average Bonchev–Trinajstić information content (AvgIpc) is 2.46. The summed E-state index contributed by atoms with van der Waals surface area (Å²) in [5, 5.41) is 3.70. The molecule has 0 aliphatic heterocycles. The number of hydrogen-bond donors (Lipinski definition) is 1. The maximum atomic E-state index is 13.1. The molecule has 0 bridgehead atoms. The molecule has 2 rings (SSSR count). The molecule has 2 aromatic rings. The van der Waals surface area contributed by atoms with Crippen LogP contribution in [0.3, 0.4) is 0 Å². The zero-order chi connectivity index (χ0) is 15.4. The quantitative estimate of drug-likeness (QED) is 0.810. The predicted molar refractivity (Wildman–Crippen MR) is 86.0 cm³/mol. The van der Waals surface area contributed by atoms with Gasteiger partial charge in [-0.3, -0.25) is 0 Å². The van der Waals surface area contributed by atoms with Gasteiger partial charge in [0.05, 0.1) is 24.9 Å². The van der Waals surface area contributed by atoms with Crippen LogP contribution >= 0.6 is 27.5 Å². The number of ether oxygens (including phenoxy) is 2. The standard InChI is InChI=1S/C15H14BrClFNO2/c1-20-14-7-15(21-2)13(6-12(14)17)19-8-9-3-4-10(18)5-11(9)16/h3-7,19H,8H2,1-2H3. The molecular formula is C15H14BrClFNO2. The summed E-state index contributed by atoms with van der Waals surface area (Å²) < 4.78 is 24.2. The van der Waals surface area contributed by atoms with E-state index in [1.54, 1.807) is 32.4 Å². The largest absolute Gasteiger partial charge is 0.495 e. The van der Waals surface area contributed by atoms with Gasteiger partial charge in [-0.05, 0) is 23.8 Å². The van der Waals surface area contributed by atoms with E-state index >= 15 is 0 Å². The topological polar surface area (TPSA) is 30.5 Å². The molecule has 21 heavy (non-hydrogen) atoms. The molecule has 0 saturated heterocycles. The minimum atomic E-state index is -0.282. The number of methoxy groups -OCH3 is 2. The Labute approximate surface area is 136 Å². The molecule has 1 N–H and O–H groups in total. The molecule has 0 atom stereocenters. The van der Waals surface area contributed by atoms with E-state index in [-0.39, 0.29) is 5.82 Å². The fraction of sp³-hybridized carbons (Fsp3) is 0.200. The highest BCUT2D eigenvalue weighted by molar-refractivity contribution is 9.10. The van der Waals surface area contributed by atoms with Crippen molar-refractivity contribution in [3.63, 3.8) is 0 Å². The SMILES string of the molecule is COc1cc(OC)c(NCc2ccc(F)cc2Br)cc1Cl. The summed E-state index contributed by atoms with van der Waals surface area (Å²) in [7, 11) is 3.12. The van der Waals surface area contributed by atoms with Crippen molar-refractivity contribution in [2.75, 3.05) is 19.5 Å². The number of halogens is 3. The first-order chi connectivity index (χ1) is 10.0. The predicted octanol–water partition coefficient (Wildman–Crippen LogP) is 4.87. The number of nitrogens with one attached hydrogen (secondary N) is 1. The molecule has 0 aliphatic carbocycles. The number of hydrogen-bond acceptors (Lipinski definition) is 3. The molecular weight excluding hydrogens is 361 g/mol. The Bertz CT molecular complexity index is 652. The normalized spacial score (nSPS) is 10.3. The average molecular weight is 375 g/mol. The lowest BCUT2D eigenvalue weighted by Gasteiger charge is -2.14. The molecule has 0 unspecified atom stereocenters. The minimum absolute atomic E-state index is 0.282. The van der Waals surface area contributed by atoms with E-state index < -0.39 is 0 Å². The van der Waals surface area contributed by atoms with Gasteiger partial charge in [-0.2, -0.15) is 0 Å². The van der Waals surface area contributed by atoms with E-state index in [4.69, 9.17) is 21.1 Å². The van der Waals surface area contributed by atoms with Crippen LogP contribution in [-0.2, 0) is 6.54 Å². The van der Waals surface area contributed by atoms with Crippen LogP contribution in [0.2, 0.25) is 5.02 Å². The van der Waals surface area contributed by atoms with Crippen LogP contribution in [0.5, 0.6) is 11.5 Å². The second-order valence-electron chi connectivity index (χ2n) is 4.28. The third kappa shape index (κ3) is 3.80. The first kappa shape index (κ1) is 15.9. The Morgan fingerprint density at radius 2 is 1.86 bits per heavy atom. The summed E-state index contributed by atoms with van der Waals surface area (Å²) in [6, 6.07) is 8.00. The zero-order valence-electron chi connectivity index (χ0n) is 11.5. The lowest BCUT2D eigenvalue weighted by Crippen LogP contribution is -2.03. The summed E-state index contributed by atoms with van der Waals surface area (Å²) in [5.74, 6) is 0.882. The summed E-state index contributed by atoms with van der Waals surface area (Å²) in [4.78, 5) is 0.